The highest BCUT2D eigenvalue weighted by Gasteiger charge is 2.13. The van der Waals surface area contributed by atoms with Crippen LogP contribution in [0.3, 0.4) is 0 Å². The quantitative estimate of drug-likeness (QED) is 0.536. The number of benzene rings is 1. The third-order valence-corrected chi connectivity index (χ3v) is 3.73. The normalized spacial score (nSPS) is 11.6. The molecule has 0 bridgehead atoms. The summed E-state index contributed by atoms with van der Waals surface area (Å²) in [6.07, 6.45) is 3.54. The zero-order valence-corrected chi connectivity index (χ0v) is 12.1. The minimum absolute atomic E-state index is 0.786. The van der Waals surface area contributed by atoms with Gasteiger partial charge >= 0.3 is 0 Å². The molecular formula is C15H14N6. The van der Waals surface area contributed by atoms with Crippen LogP contribution in [0.25, 0.3) is 22.4 Å². The van der Waals surface area contributed by atoms with Crippen LogP contribution in [0.2, 0.25) is 0 Å². The molecule has 1 aromatic carbocycles. The van der Waals surface area contributed by atoms with E-state index >= 15 is 0 Å². The summed E-state index contributed by atoms with van der Waals surface area (Å²) in [6, 6.07) is 6.29. The maximum atomic E-state index is 4.53. The summed E-state index contributed by atoms with van der Waals surface area (Å²) in [5.41, 5.74) is 5.01. The monoisotopic (exact) mass is 278 g/mol. The third kappa shape index (κ3) is 1.65. The minimum Gasteiger partial charge on any atom is -0.269 e. The third-order valence-electron chi connectivity index (χ3n) is 3.73. The Hall–Kier alpha value is -2.76. The number of hydrogen-bond donors (Lipinski definition) is 0. The van der Waals surface area contributed by atoms with Crippen LogP contribution < -0.4 is 0 Å². The largest absolute Gasteiger partial charge is 0.269 e. The van der Waals surface area contributed by atoms with Gasteiger partial charge in [-0.25, -0.2) is 9.67 Å². The van der Waals surface area contributed by atoms with Gasteiger partial charge in [-0.1, -0.05) is 17.7 Å². The Morgan fingerprint density at radius 3 is 2.67 bits per heavy atom. The van der Waals surface area contributed by atoms with Gasteiger partial charge in [-0.15, -0.1) is 10.2 Å². The van der Waals surface area contributed by atoms with Crippen LogP contribution in [0, 0.1) is 20.8 Å². The molecule has 0 aliphatic heterocycles. The Kier molecular flexibility index (Phi) is 2.35. The first-order chi connectivity index (χ1) is 10.1. The smallest absolute Gasteiger partial charge is 0.174 e. The fraction of sp³-hybridized carbons (Fsp3) is 0.200. The van der Waals surface area contributed by atoms with Gasteiger partial charge in [0.25, 0.3) is 0 Å². The van der Waals surface area contributed by atoms with Crippen LogP contribution in [-0.4, -0.2) is 29.4 Å². The van der Waals surface area contributed by atoms with Crippen molar-refractivity contribution in [1.29, 1.82) is 0 Å². The molecular weight excluding hydrogens is 264 g/mol. The lowest BCUT2D eigenvalue weighted by Gasteiger charge is -2.07. The molecule has 4 rings (SSSR count). The SMILES string of the molecule is Cc1ccc(-n2ncc3c2ncn2c(C)nnc32)c(C)c1. The summed E-state index contributed by atoms with van der Waals surface area (Å²) in [5.74, 6) is 0.818. The second-order valence-corrected chi connectivity index (χ2v) is 5.27. The van der Waals surface area contributed by atoms with Crippen molar-refractivity contribution in [1.82, 2.24) is 29.4 Å². The molecule has 4 aromatic rings. The molecule has 0 atom stereocenters. The molecule has 0 saturated carbocycles. The van der Waals surface area contributed by atoms with Crippen molar-refractivity contribution in [3.8, 4) is 5.69 Å². The zero-order valence-electron chi connectivity index (χ0n) is 12.1. The van der Waals surface area contributed by atoms with E-state index in [-0.39, 0.29) is 0 Å². The highest BCUT2D eigenvalue weighted by atomic mass is 15.3. The number of rotatable bonds is 1. The molecule has 0 aliphatic rings. The molecule has 104 valence electrons. The molecule has 0 amide bonds. The average molecular weight is 278 g/mol. The van der Waals surface area contributed by atoms with Gasteiger partial charge in [0.05, 0.1) is 17.3 Å². The van der Waals surface area contributed by atoms with E-state index in [9.17, 15) is 0 Å². The minimum atomic E-state index is 0.786. The van der Waals surface area contributed by atoms with E-state index in [0.717, 1.165) is 28.2 Å². The molecule has 0 saturated heterocycles. The Balaban J connectivity index is 2.04. The second kappa shape index (κ2) is 4.12. The topological polar surface area (TPSA) is 60.9 Å². The summed E-state index contributed by atoms with van der Waals surface area (Å²) < 4.78 is 3.73. The van der Waals surface area contributed by atoms with E-state index < -0.39 is 0 Å². The van der Waals surface area contributed by atoms with Crippen LogP contribution in [0.1, 0.15) is 17.0 Å². The van der Waals surface area contributed by atoms with E-state index in [1.54, 1.807) is 12.5 Å². The van der Waals surface area contributed by atoms with Gasteiger partial charge in [-0.05, 0) is 32.4 Å². The summed E-state index contributed by atoms with van der Waals surface area (Å²) in [6.45, 7) is 6.07. The van der Waals surface area contributed by atoms with Gasteiger partial charge in [0.2, 0.25) is 0 Å². The second-order valence-electron chi connectivity index (χ2n) is 5.27. The van der Waals surface area contributed by atoms with Crippen LogP contribution in [0.15, 0.2) is 30.7 Å². The average Bonchev–Trinajstić information content (AvgIpc) is 3.03. The number of nitrogens with zero attached hydrogens (tertiary/aromatic N) is 6. The molecule has 6 nitrogen and oxygen atoms in total. The van der Waals surface area contributed by atoms with Gasteiger partial charge in [-0.2, -0.15) is 5.10 Å². The first-order valence-electron chi connectivity index (χ1n) is 6.77. The summed E-state index contributed by atoms with van der Waals surface area (Å²) in [5, 5.41) is 13.7. The van der Waals surface area contributed by atoms with Crippen molar-refractivity contribution in [2.75, 3.05) is 0 Å². The van der Waals surface area contributed by atoms with Crippen molar-refractivity contribution in [3.05, 3.63) is 47.7 Å². The molecule has 3 aromatic heterocycles. The Morgan fingerprint density at radius 1 is 1.00 bits per heavy atom. The van der Waals surface area contributed by atoms with Crippen molar-refractivity contribution < 1.29 is 0 Å². The van der Waals surface area contributed by atoms with Crippen molar-refractivity contribution >= 4 is 16.7 Å². The van der Waals surface area contributed by atoms with E-state index in [1.165, 1.54) is 11.1 Å². The first kappa shape index (κ1) is 12.0. The molecule has 0 radical (unpaired) electrons. The van der Waals surface area contributed by atoms with Crippen LogP contribution in [0.4, 0.5) is 0 Å². The highest BCUT2D eigenvalue weighted by molar-refractivity contribution is 5.89. The van der Waals surface area contributed by atoms with Crippen LogP contribution >= 0.6 is 0 Å². The Labute approximate surface area is 121 Å². The van der Waals surface area contributed by atoms with Gasteiger partial charge < -0.3 is 0 Å². The van der Waals surface area contributed by atoms with E-state index in [0.29, 0.717) is 0 Å². The Morgan fingerprint density at radius 2 is 1.86 bits per heavy atom. The molecule has 0 N–H and O–H groups in total. The maximum absolute atomic E-state index is 4.53. The van der Waals surface area contributed by atoms with Gasteiger partial charge in [-0.3, -0.25) is 4.40 Å². The highest BCUT2D eigenvalue weighted by Crippen LogP contribution is 2.22. The van der Waals surface area contributed by atoms with Gasteiger partial charge in [0, 0.05) is 0 Å². The number of aromatic nitrogens is 6. The predicted molar refractivity (Wildman–Crippen MR) is 79.6 cm³/mol. The lowest BCUT2D eigenvalue weighted by Crippen LogP contribution is -2.01. The zero-order chi connectivity index (χ0) is 14.6. The molecule has 6 heteroatoms. The predicted octanol–water partition coefficient (Wildman–Crippen LogP) is 2.39. The van der Waals surface area contributed by atoms with Gasteiger partial charge in [0.15, 0.2) is 11.3 Å². The molecule has 0 aliphatic carbocycles. The summed E-state index contributed by atoms with van der Waals surface area (Å²) in [7, 11) is 0. The molecule has 0 unspecified atom stereocenters. The number of fused-ring (bicyclic) bond motifs is 3. The molecule has 3 heterocycles. The Bertz CT molecular complexity index is 979. The fourth-order valence-electron chi connectivity index (χ4n) is 2.65. The molecule has 21 heavy (non-hydrogen) atoms. The van der Waals surface area contributed by atoms with Crippen molar-refractivity contribution in [2.45, 2.75) is 20.8 Å². The lowest BCUT2D eigenvalue weighted by molar-refractivity contribution is 0.883. The molecule has 0 fully saturated rings. The standard InChI is InChI=1S/C15H14N6/c1-9-4-5-13(10(2)6-9)21-14-12(7-17-21)15-19-18-11(3)20(15)8-16-14/h4-8H,1-3H3. The van der Waals surface area contributed by atoms with Gasteiger partial charge in [0.1, 0.15) is 12.2 Å². The van der Waals surface area contributed by atoms with E-state index in [2.05, 4.69) is 52.3 Å². The number of aryl methyl sites for hydroxylation is 3. The van der Waals surface area contributed by atoms with Crippen LogP contribution in [0.5, 0.6) is 0 Å². The number of hydrogen-bond acceptors (Lipinski definition) is 4. The maximum Gasteiger partial charge on any atom is 0.174 e. The van der Waals surface area contributed by atoms with Crippen molar-refractivity contribution in [2.24, 2.45) is 0 Å². The van der Waals surface area contributed by atoms with Crippen LogP contribution in [-0.2, 0) is 0 Å². The lowest BCUT2D eigenvalue weighted by atomic mass is 10.1. The first-order valence-corrected chi connectivity index (χ1v) is 6.77. The fourth-order valence-corrected chi connectivity index (χ4v) is 2.65. The van der Waals surface area contributed by atoms with Crippen molar-refractivity contribution in [3.63, 3.8) is 0 Å². The molecule has 0 spiro atoms. The summed E-state index contributed by atoms with van der Waals surface area (Å²) >= 11 is 0. The van der Waals surface area contributed by atoms with E-state index in [4.69, 9.17) is 0 Å². The van der Waals surface area contributed by atoms with E-state index in [1.807, 2.05) is 16.0 Å². The summed E-state index contributed by atoms with van der Waals surface area (Å²) in [4.78, 5) is 4.53.